The summed E-state index contributed by atoms with van der Waals surface area (Å²) >= 11 is 0. The SMILES string of the molecule is CCCCCCCCCCCOc1ccc(C=CC(=O)Oc2ccc(OC(=O)C3CCC(CCC)CC3)cc2)cc1. The number of hydrogen-bond acceptors (Lipinski definition) is 5. The third-order valence-corrected chi connectivity index (χ3v) is 7.95. The van der Waals surface area contributed by atoms with Crippen molar-refractivity contribution in [2.45, 2.75) is 110 Å². The molecule has 1 fully saturated rings. The minimum absolute atomic E-state index is 0.0221. The largest absolute Gasteiger partial charge is 0.494 e. The number of benzene rings is 2. The summed E-state index contributed by atoms with van der Waals surface area (Å²) in [5.41, 5.74) is 0.892. The summed E-state index contributed by atoms with van der Waals surface area (Å²) in [6.45, 7) is 5.20. The second-order valence-corrected chi connectivity index (χ2v) is 11.4. The predicted molar refractivity (Wildman–Crippen MR) is 166 cm³/mol. The molecule has 0 spiro atoms. The molecule has 0 bridgehead atoms. The van der Waals surface area contributed by atoms with E-state index in [1.54, 1.807) is 30.3 Å². The summed E-state index contributed by atoms with van der Waals surface area (Å²) in [5.74, 6) is 1.82. The van der Waals surface area contributed by atoms with Crippen LogP contribution in [0.25, 0.3) is 6.08 Å². The average Bonchev–Trinajstić information content (AvgIpc) is 2.99. The highest BCUT2D eigenvalue weighted by atomic mass is 16.5. The lowest BCUT2D eigenvalue weighted by atomic mass is 9.80. The summed E-state index contributed by atoms with van der Waals surface area (Å²) in [6, 6.07) is 14.3. The smallest absolute Gasteiger partial charge is 0.336 e. The van der Waals surface area contributed by atoms with E-state index in [9.17, 15) is 9.59 Å². The van der Waals surface area contributed by atoms with Gasteiger partial charge in [0.1, 0.15) is 17.2 Å². The lowest BCUT2D eigenvalue weighted by molar-refractivity contribution is -0.140. The van der Waals surface area contributed by atoms with Crippen LogP contribution in [0.4, 0.5) is 0 Å². The van der Waals surface area contributed by atoms with Crippen LogP contribution in [-0.4, -0.2) is 18.5 Å². The fraction of sp³-hybridized carbons (Fsp3) is 0.556. The molecule has 1 aliphatic carbocycles. The Bertz CT molecular complexity index is 1030. The average molecular weight is 563 g/mol. The molecule has 41 heavy (non-hydrogen) atoms. The van der Waals surface area contributed by atoms with Crippen molar-refractivity contribution >= 4 is 18.0 Å². The van der Waals surface area contributed by atoms with Gasteiger partial charge < -0.3 is 14.2 Å². The molecular weight excluding hydrogens is 512 g/mol. The zero-order valence-corrected chi connectivity index (χ0v) is 25.3. The van der Waals surface area contributed by atoms with E-state index >= 15 is 0 Å². The summed E-state index contributed by atoms with van der Waals surface area (Å²) in [6.07, 6.45) is 21.3. The summed E-state index contributed by atoms with van der Waals surface area (Å²) in [7, 11) is 0. The molecule has 0 atom stereocenters. The highest BCUT2D eigenvalue weighted by Crippen LogP contribution is 2.32. The van der Waals surface area contributed by atoms with Gasteiger partial charge in [0.15, 0.2) is 0 Å². The highest BCUT2D eigenvalue weighted by Gasteiger charge is 2.27. The fourth-order valence-electron chi connectivity index (χ4n) is 5.46. The lowest BCUT2D eigenvalue weighted by Gasteiger charge is -2.26. The standard InChI is InChI=1S/C36H50O5/c1-3-5-6-7-8-9-10-11-12-28-39-32-21-16-30(17-22-32)18-27-35(37)40-33-23-25-34(26-24-33)41-36(38)31-19-14-29(13-4-2)15-20-31/h16-18,21-27,29,31H,3-15,19-20,28H2,1-2H3. The van der Waals surface area contributed by atoms with Gasteiger partial charge in [-0.15, -0.1) is 0 Å². The molecule has 0 aliphatic heterocycles. The summed E-state index contributed by atoms with van der Waals surface area (Å²) < 4.78 is 16.8. The molecule has 0 N–H and O–H groups in total. The summed E-state index contributed by atoms with van der Waals surface area (Å²) in [4.78, 5) is 24.8. The van der Waals surface area contributed by atoms with Crippen LogP contribution in [0.1, 0.15) is 116 Å². The predicted octanol–water partition coefficient (Wildman–Crippen LogP) is 9.73. The van der Waals surface area contributed by atoms with E-state index < -0.39 is 5.97 Å². The Balaban J connectivity index is 1.31. The molecule has 1 aliphatic rings. The molecule has 2 aromatic rings. The third-order valence-electron chi connectivity index (χ3n) is 7.95. The van der Waals surface area contributed by atoms with Gasteiger partial charge in [-0.05, 0) is 86.1 Å². The molecule has 1 saturated carbocycles. The summed E-state index contributed by atoms with van der Waals surface area (Å²) in [5, 5.41) is 0. The topological polar surface area (TPSA) is 61.8 Å². The Morgan fingerprint density at radius 3 is 1.85 bits per heavy atom. The molecule has 0 radical (unpaired) electrons. The van der Waals surface area contributed by atoms with E-state index in [-0.39, 0.29) is 11.9 Å². The zero-order chi connectivity index (χ0) is 29.1. The highest BCUT2D eigenvalue weighted by molar-refractivity contribution is 5.88. The fourth-order valence-corrected chi connectivity index (χ4v) is 5.46. The first-order chi connectivity index (χ1) is 20.1. The Labute approximate surface area is 247 Å². The van der Waals surface area contributed by atoms with E-state index in [0.717, 1.165) is 55.9 Å². The van der Waals surface area contributed by atoms with Crippen molar-refractivity contribution in [1.82, 2.24) is 0 Å². The van der Waals surface area contributed by atoms with Gasteiger partial charge in [0.05, 0.1) is 12.5 Å². The van der Waals surface area contributed by atoms with Gasteiger partial charge in [-0.1, -0.05) is 90.2 Å². The van der Waals surface area contributed by atoms with Crippen LogP contribution in [0.15, 0.2) is 54.6 Å². The van der Waals surface area contributed by atoms with Crippen LogP contribution in [0.5, 0.6) is 17.2 Å². The monoisotopic (exact) mass is 562 g/mol. The van der Waals surface area contributed by atoms with Gasteiger partial charge in [0.2, 0.25) is 0 Å². The first-order valence-electron chi connectivity index (χ1n) is 16.0. The van der Waals surface area contributed by atoms with Crippen LogP contribution in [-0.2, 0) is 9.59 Å². The minimum Gasteiger partial charge on any atom is -0.494 e. The van der Waals surface area contributed by atoms with Gasteiger partial charge in [0, 0.05) is 6.08 Å². The zero-order valence-electron chi connectivity index (χ0n) is 25.3. The molecule has 3 rings (SSSR count). The molecule has 2 aromatic carbocycles. The van der Waals surface area contributed by atoms with Gasteiger partial charge in [-0.3, -0.25) is 4.79 Å². The van der Waals surface area contributed by atoms with Crippen LogP contribution in [0.3, 0.4) is 0 Å². The number of esters is 2. The van der Waals surface area contributed by atoms with Crippen molar-refractivity contribution in [3.05, 3.63) is 60.2 Å². The Hall–Kier alpha value is -3.08. The first-order valence-corrected chi connectivity index (χ1v) is 16.0. The lowest BCUT2D eigenvalue weighted by Crippen LogP contribution is -2.25. The first kappa shape index (κ1) is 32.4. The quantitative estimate of drug-likeness (QED) is 0.0783. The number of ether oxygens (including phenoxy) is 3. The maximum atomic E-state index is 12.5. The van der Waals surface area contributed by atoms with Crippen molar-refractivity contribution in [3.8, 4) is 17.2 Å². The number of rotatable bonds is 18. The second kappa shape index (κ2) is 19.1. The van der Waals surface area contributed by atoms with Gasteiger partial charge in [0.25, 0.3) is 0 Å². The number of carbonyl (C=O) groups excluding carboxylic acids is 2. The Kier molecular flexibility index (Phi) is 15.1. The molecule has 0 aromatic heterocycles. The van der Waals surface area contributed by atoms with E-state index in [4.69, 9.17) is 14.2 Å². The minimum atomic E-state index is -0.468. The maximum absolute atomic E-state index is 12.5. The van der Waals surface area contributed by atoms with Crippen LogP contribution in [0, 0.1) is 11.8 Å². The van der Waals surface area contributed by atoms with Gasteiger partial charge >= 0.3 is 11.9 Å². The van der Waals surface area contributed by atoms with E-state index in [1.165, 1.54) is 70.3 Å². The van der Waals surface area contributed by atoms with Crippen molar-refractivity contribution in [2.75, 3.05) is 6.61 Å². The molecule has 5 heteroatoms. The Morgan fingerprint density at radius 1 is 0.683 bits per heavy atom. The van der Waals surface area contributed by atoms with E-state index in [0.29, 0.717) is 11.5 Å². The molecule has 5 nitrogen and oxygen atoms in total. The number of hydrogen-bond donors (Lipinski definition) is 0. The van der Waals surface area contributed by atoms with Crippen molar-refractivity contribution in [2.24, 2.45) is 11.8 Å². The normalized spacial score (nSPS) is 16.9. The van der Waals surface area contributed by atoms with Crippen LogP contribution in [0.2, 0.25) is 0 Å². The molecule has 224 valence electrons. The Morgan fingerprint density at radius 2 is 1.24 bits per heavy atom. The molecular formula is C36H50O5. The molecule has 0 heterocycles. The van der Waals surface area contributed by atoms with Crippen LogP contribution < -0.4 is 14.2 Å². The van der Waals surface area contributed by atoms with E-state index in [1.807, 2.05) is 24.3 Å². The van der Waals surface area contributed by atoms with Crippen molar-refractivity contribution in [1.29, 1.82) is 0 Å². The second-order valence-electron chi connectivity index (χ2n) is 11.4. The van der Waals surface area contributed by atoms with E-state index in [2.05, 4.69) is 13.8 Å². The van der Waals surface area contributed by atoms with Crippen LogP contribution >= 0.6 is 0 Å². The molecule has 0 saturated heterocycles. The van der Waals surface area contributed by atoms with Gasteiger partial charge in [-0.25, -0.2) is 4.79 Å². The van der Waals surface area contributed by atoms with Gasteiger partial charge in [-0.2, -0.15) is 0 Å². The third kappa shape index (κ3) is 13.0. The number of carbonyl (C=O) groups is 2. The number of unbranched alkanes of at least 4 members (excludes halogenated alkanes) is 8. The maximum Gasteiger partial charge on any atom is 0.336 e. The molecule has 0 unspecified atom stereocenters. The van der Waals surface area contributed by atoms with Crippen molar-refractivity contribution < 1.29 is 23.8 Å². The van der Waals surface area contributed by atoms with Crippen molar-refractivity contribution in [3.63, 3.8) is 0 Å². The molecule has 0 amide bonds.